The van der Waals surface area contributed by atoms with Crippen molar-refractivity contribution in [3.05, 3.63) is 60.7 Å². The van der Waals surface area contributed by atoms with Crippen LogP contribution in [0.25, 0.3) is 22.2 Å². The monoisotopic (exact) mass is 470 g/mol. The van der Waals surface area contributed by atoms with E-state index in [2.05, 4.69) is 44.0 Å². The average Bonchev–Trinajstić information content (AvgIpc) is 3.30. The van der Waals surface area contributed by atoms with Gasteiger partial charge in [0.1, 0.15) is 11.6 Å². The van der Waals surface area contributed by atoms with E-state index in [1.165, 1.54) is 0 Å². The first-order valence-electron chi connectivity index (χ1n) is 11.9. The van der Waals surface area contributed by atoms with Gasteiger partial charge in [0.2, 0.25) is 0 Å². The lowest BCUT2D eigenvalue weighted by molar-refractivity contribution is 0.102. The van der Waals surface area contributed by atoms with Crippen molar-refractivity contribution in [1.82, 2.24) is 29.6 Å². The Morgan fingerprint density at radius 3 is 2.63 bits per heavy atom. The maximum Gasteiger partial charge on any atom is 0.257 e. The van der Waals surface area contributed by atoms with Gasteiger partial charge in [0, 0.05) is 80.9 Å². The molecule has 0 aromatic carbocycles. The lowest BCUT2D eigenvalue weighted by Crippen LogP contribution is -2.47. The van der Waals surface area contributed by atoms with Gasteiger partial charge in [0.25, 0.3) is 5.91 Å². The third-order valence-electron chi connectivity index (χ3n) is 6.14. The van der Waals surface area contributed by atoms with Crippen LogP contribution in [-0.4, -0.2) is 68.3 Å². The van der Waals surface area contributed by atoms with Gasteiger partial charge in [-0.15, -0.1) is 0 Å². The van der Waals surface area contributed by atoms with Crippen LogP contribution in [0.2, 0.25) is 0 Å². The molecule has 0 aliphatic carbocycles. The summed E-state index contributed by atoms with van der Waals surface area (Å²) in [7, 11) is 1.87. The molecule has 1 fully saturated rings. The van der Waals surface area contributed by atoms with Gasteiger partial charge in [-0.05, 0) is 30.2 Å². The zero-order chi connectivity index (χ0) is 24.4. The Balaban J connectivity index is 1.29. The summed E-state index contributed by atoms with van der Waals surface area (Å²) < 4.78 is 1.74. The lowest BCUT2D eigenvalue weighted by Gasteiger charge is -2.36. The maximum atomic E-state index is 13.0. The first-order chi connectivity index (χ1) is 16.9. The molecular formula is C26H30N8O. The molecule has 35 heavy (non-hydrogen) atoms. The predicted molar refractivity (Wildman–Crippen MR) is 137 cm³/mol. The standard InChI is InChI=1S/C26H30N8O/c1-18(2)16-33-8-10-34(11-9-33)25-12-19(6-7-27-25)26(35)31-24-13-23-20(14-28-24)4-5-22(30-23)21-15-29-32(3)17-21/h4-7,12-15,17-18H,8-11,16H2,1-3H3,(H,28,31,35). The second-order valence-corrected chi connectivity index (χ2v) is 9.40. The van der Waals surface area contributed by atoms with Gasteiger partial charge in [-0.3, -0.25) is 14.4 Å². The highest BCUT2D eigenvalue weighted by atomic mass is 16.1. The normalized spacial score (nSPS) is 14.6. The van der Waals surface area contributed by atoms with Crippen LogP contribution in [0.4, 0.5) is 11.6 Å². The molecule has 5 rings (SSSR count). The smallest absolute Gasteiger partial charge is 0.257 e. The van der Waals surface area contributed by atoms with Crippen LogP contribution in [0.15, 0.2) is 55.1 Å². The van der Waals surface area contributed by atoms with Crippen LogP contribution in [0.5, 0.6) is 0 Å². The summed E-state index contributed by atoms with van der Waals surface area (Å²) in [6, 6.07) is 9.30. The number of nitrogens with zero attached hydrogens (tertiary/aromatic N) is 7. The number of aromatic nitrogens is 5. The van der Waals surface area contributed by atoms with E-state index in [1.54, 1.807) is 35.4 Å². The van der Waals surface area contributed by atoms with Crippen molar-refractivity contribution in [1.29, 1.82) is 0 Å². The van der Waals surface area contributed by atoms with E-state index in [1.807, 2.05) is 31.4 Å². The average molecular weight is 471 g/mol. The molecule has 0 radical (unpaired) electrons. The summed E-state index contributed by atoms with van der Waals surface area (Å²) in [6.07, 6.45) is 7.12. The Hall–Kier alpha value is -3.85. The number of carbonyl (C=O) groups excluding carboxylic acids is 1. The van der Waals surface area contributed by atoms with Crippen LogP contribution in [-0.2, 0) is 7.05 Å². The number of aryl methyl sites for hydroxylation is 1. The molecule has 5 heterocycles. The molecule has 0 bridgehead atoms. The molecule has 1 saturated heterocycles. The molecule has 9 heteroatoms. The summed E-state index contributed by atoms with van der Waals surface area (Å²) in [5, 5.41) is 8.03. The summed E-state index contributed by atoms with van der Waals surface area (Å²) >= 11 is 0. The molecule has 180 valence electrons. The molecule has 4 aromatic heterocycles. The molecule has 0 atom stereocenters. The van der Waals surface area contributed by atoms with Crippen molar-refractivity contribution in [3.8, 4) is 11.3 Å². The quantitative estimate of drug-likeness (QED) is 0.461. The second-order valence-electron chi connectivity index (χ2n) is 9.40. The minimum atomic E-state index is -0.220. The Morgan fingerprint density at radius 2 is 1.89 bits per heavy atom. The van der Waals surface area contributed by atoms with E-state index in [4.69, 9.17) is 4.98 Å². The predicted octanol–water partition coefficient (Wildman–Crippen LogP) is 3.46. The van der Waals surface area contributed by atoms with E-state index in [9.17, 15) is 4.79 Å². The van der Waals surface area contributed by atoms with Gasteiger partial charge in [-0.2, -0.15) is 5.10 Å². The molecule has 0 saturated carbocycles. The molecule has 9 nitrogen and oxygen atoms in total. The van der Waals surface area contributed by atoms with E-state index in [0.717, 1.165) is 60.7 Å². The zero-order valence-corrected chi connectivity index (χ0v) is 20.3. The molecule has 4 aromatic rings. The number of rotatable bonds is 6. The summed E-state index contributed by atoms with van der Waals surface area (Å²) in [6.45, 7) is 9.42. The molecule has 0 spiro atoms. The number of hydrogen-bond donors (Lipinski definition) is 1. The van der Waals surface area contributed by atoms with Crippen molar-refractivity contribution in [2.24, 2.45) is 13.0 Å². The molecule has 1 aliphatic rings. The fourth-order valence-electron chi connectivity index (χ4n) is 4.40. The fourth-order valence-corrected chi connectivity index (χ4v) is 4.40. The molecule has 1 aliphatic heterocycles. The largest absolute Gasteiger partial charge is 0.354 e. The number of piperazine rings is 1. The van der Waals surface area contributed by atoms with E-state index < -0.39 is 0 Å². The highest BCUT2D eigenvalue weighted by molar-refractivity contribution is 6.04. The summed E-state index contributed by atoms with van der Waals surface area (Å²) in [4.78, 5) is 31.4. The highest BCUT2D eigenvalue weighted by Gasteiger charge is 2.19. The first kappa shape index (κ1) is 22.9. The third kappa shape index (κ3) is 5.30. The van der Waals surface area contributed by atoms with Crippen LogP contribution in [0, 0.1) is 5.92 Å². The number of pyridine rings is 3. The van der Waals surface area contributed by atoms with Gasteiger partial charge in [-0.25, -0.2) is 15.0 Å². The van der Waals surface area contributed by atoms with E-state index >= 15 is 0 Å². The number of fused-ring (bicyclic) bond motifs is 1. The van der Waals surface area contributed by atoms with Crippen molar-refractivity contribution < 1.29 is 4.79 Å². The van der Waals surface area contributed by atoms with Gasteiger partial charge in [0.05, 0.1) is 17.4 Å². The Kier molecular flexibility index (Phi) is 6.41. The summed E-state index contributed by atoms with van der Waals surface area (Å²) in [5.74, 6) is 1.73. The van der Waals surface area contributed by atoms with Crippen molar-refractivity contribution >= 4 is 28.4 Å². The minimum Gasteiger partial charge on any atom is -0.354 e. The highest BCUT2D eigenvalue weighted by Crippen LogP contribution is 2.22. The molecule has 1 N–H and O–H groups in total. The van der Waals surface area contributed by atoms with E-state index in [-0.39, 0.29) is 5.91 Å². The van der Waals surface area contributed by atoms with Crippen LogP contribution in [0.1, 0.15) is 24.2 Å². The zero-order valence-electron chi connectivity index (χ0n) is 20.3. The lowest BCUT2D eigenvalue weighted by atomic mass is 10.2. The maximum absolute atomic E-state index is 13.0. The number of amides is 1. The number of carbonyl (C=O) groups is 1. The van der Waals surface area contributed by atoms with Gasteiger partial charge >= 0.3 is 0 Å². The molecular weight excluding hydrogens is 440 g/mol. The van der Waals surface area contributed by atoms with Crippen molar-refractivity contribution in [3.63, 3.8) is 0 Å². The van der Waals surface area contributed by atoms with Crippen LogP contribution in [0.3, 0.4) is 0 Å². The third-order valence-corrected chi connectivity index (χ3v) is 6.14. The van der Waals surface area contributed by atoms with Gasteiger partial charge in [0.15, 0.2) is 0 Å². The number of nitrogens with one attached hydrogen (secondary N) is 1. The van der Waals surface area contributed by atoms with E-state index in [0.29, 0.717) is 17.3 Å². The topological polar surface area (TPSA) is 92.1 Å². The fraction of sp³-hybridized carbons (Fsp3) is 0.346. The number of hydrogen-bond acceptors (Lipinski definition) is 7. The van der Waals surface area contributed by atoms with Crippen LogP contribution >= 0.6 is 0 Å². The van der Waals surface area contributed by atoms with Gasteiger partial charge in [-0.1, -0.05) is 13.8 Å². The molecule has 1 amide bonds. The first-order valence-corrected chi connectivity index (χ1v) is 11.9. The Bertz CT molecular complexity index is 1340. The molecule has 0 unspecified atom stereocenters. The van der Waals surface area contributed by atoms with Gasteiger partial charge < -0.3 is 10.2 Å². The second kappa shape index (κ2) is 9.79. The Labute approximate surface area is 204 Å². The van der Waals surface area contributed by atoms with Crippen LogP contribution < -0.4 is 10.2 Å². The van der Waals surface area contributed by atoms with Crippen molar-refractivity contribution in [2.45, 2.75) is 13.8 Å². The Morgan fingerprint density at radius 1 is 1.06 bits per heavy atom. The summed E-state index contributed by atoms with van der Waals surface area (Å²) in [5.41, 5.74) is 3.07. The SMILES string of the molecule is CC(C)CN1CCN(c2cc(C(=O)Nc3cc4nc(-c5cnn(C)c5)ccc4cn3)ccn2)CC1. The van der Waals surface area contributed by atoms with Crippen molar-refractivity contribution in [2.75, 3.05) is 42.9 Å². The number of anilines is 2. The minimum absolute atomic E-state index is 0.220.